The second-order valence-electron chi connectivity index (χ2n) is 3.49. The van der Waals surface area contributed by atoms with Crippen LogP contribution in [0.5, 0.6) is 0 Å². The molecule has 0 bridgehead atoms. The Morgan fingerprint density at radius 2 is 2.06 bits per heavy atom. The largest absolute Gasteiger partial charge is 0.244 e. The maximum absolute atomic E-state index is 12.1. The molecule has 0 aromatic heterocycles. The maximum atomic E-state index is 12.1. The van der Waals surface area contributed by atoms with E-state index in [1.807, 2.05) is 12.1 Å². The van der Waals surface area contributed by atoms with Gasteiger partial charge in [0.25, 0.3) is 0 Å². The van der Waals surface area contributed by atoms with Crippen molar-refractivity contribution in [2.24, 2.45) is 0 Å². The number of nitriles is 2. The Balaban J connectivity index is 3.21. The van der Waals surface area contributed by atoms with Crippen LogP contribution in [0.3, 0.4) is 0 Å². The molecule has 94 valence electrons. The minimum atomic E-state index is -3.78. The molecule has 5 nitrogen and oxygen atoms in total. The molecule has 0 saturated heterocycles. The summed E-state index contributed by atoms with van der Waals surface area (Å²) in [6, 6.07) is 7.75. The van der Waals surface area contributed by atoms with Crippen LogP contribution < -0.4 is 0 Å². The van der Waals surface area contributed by atoms with Crippen LogP contribution in [0.4, 0.5) is 0 Å². The van der Waals surface area contributed by atoms with Gasteiger partial charge in [0.15, 0.2) is 0 Å². The summed E-state index contributed by atoms with van der Waals surface area (Å²) in [5.41, 5.74) is 0.214. The van der Waals surface area contributed by atoms with Gasteiger partial charge in [0.1, 0.15) is 4.90 Å². The molecule has 0 N–H and O–H groups in total. The molecule has 0 atom stereocenters. The van der Waals surface area contributed by atoms with Gasteiger partial charge in [-0.2, -0.15) is 14.8 Å². The van der Waals surface area contributed by atoms with Crippen LogP contribution in [0.15, 0.2) is 23.1 Å². The topological polar surface area (TPSA) is 85.0 Å². The molecule has 0 unspecified atom stereocenters. The minimum absolute atomic E-state index is 0.0535. The van der Waals surface area contributed by atoms with E-state index in [4.69, 9.17) is 22.1 Å². The van der Waals surface area contributed by atoms with Gasteiger partial charge in [0.05, 0.1) is 22.7 Å². The number of halogens is 1. The highest BCUT2D eigenvalue weighted by Crippen LogP contribution is 2.25. The average molecular weight is 284 g/mol. The van der Waals surface area contributed by atoms with E-state index in [-0.39, 0.29) is 28.4 Å². The van der Waals surface area contributed by atoms with Crippen molar-refractivity contribution in [3.8, 4) is 12.1 Å². The van der Waals surface area contributed by atoms with E-state index in [9.17, 15) is 8.42 Å². The molecule has 0 heterocycles. The molecule has 0 fully saturated rings. The lowest BCUT2D eigenvalue weighted by Gasteiger charge is -2.16. The molecule has 18 heavy (non-hydrogen) atoms. The van der Waals surface area contributed by atoms with Gasteiger partial charge in [-0.05, 0) is 18.2 Å². The monoisotopic (exact) mass is 283 g/mol. The fourth-order valence-corrected chi connectivity index (χ4v) is 2.93. The molecule has 0 aliphatic rings. The van der Waals surface area contributed by atoms with E-state index in [1.165, 1.54) is 25.2 Å². The van der Waals surface area contributed by atoms with Crippen LogP contribution in [-0.2, 0) is 10.0 Å². The summed E-state index contributed by atoms with van der Waals surface area (Å²) >= 11 is 5.84. The zero-order valence-corrected chi connectivity index (χ0v) is 11.2. The van der Waals surface area contributed by atoms with Crippen molar-refractivity contribution >= 4 is 21.6 Å². The third-order valence-electron chi connectivity index (χ3n) is 2.29. The van der Waals surface area contributed by atoms with Crippen LogP contribution in [-0.4, -0.2) is 26.3 Å². The van der Waals surface area contributed by atoms with Crippen LogP contribution in [0.1, 0.15) is 12.0 Å². The molecule has 0 radical (unpaired) electrons. The van der Waals surface area contributed by atoms with Crippen LogP contribution in [0.2, 0.25) is 5.02 Å². The standard InChI is InChI=1S/C11H10ClN3O2S/c1-15(6-2-5-13)18(16,17)11-7-9(8-14)3-4-10(11)12/h3-4,7H,2,6H2,1H3. The summed E-state index contributed by atoms with van der Waals surface area (Å²) in [5, 5.41) is 17.3. The highest BCUT2D eigenvalue weighted by molar-refractivity contribution is 7.89. The lowest BCUT2D eigenvalue weighted by molar-refractivity contribution is 0.476. The Kier molecular flexibility index (Phi) is 4.69. The predicted octanol–water partition coefficient (Wildman–Crippen LogP) is 1.75. The number of nitrogens with zero attached hydrogens (tertiary/aromatic N) is 3. The summed E-state index contributed by atoms with van der Waals surface area (Å²) in [6.07, 6.45) is 0.0886. The van der Waals surface area contributed by atoms with Crippen molar-refractivity contribution in [2.45, 2.75) is 11.3 Å². The minimum Gasteiger partial charge on any atom is -0.207 e. The van der Waals surface area contributed by atoms with Gasteiger partial charge in [-0.3, -0.25) is 0 Å². The number of sulfonamides is 1. The van der Waals surface area contributed by atoms with Crippen molar-refractivity contribution in [3.05, 3.63) is 28.8 Å². The first kappa shape index (κ1) is 14.5. The highest BCUT2D eigenvalue weighted by atomic mass is 35.5. The summed E-state index contributed by atoms with van der Waals surface area (Å²) in [4.78, 5) is -0.122. The van der Waals surface area contributed by atoms with Crippen molar-refractivity contribution in [2.75, 3.05) is 13.6 Å². The molecule has 1 aromatic rings. The molecule has 0 saturated carbocycles. The molecule has 1 aromatic carbocycles. The van der Waals surface area contributed by atoms with Gasteiger partial charge in [0, 0.05) is 20.0 Å². The van der Waals surface area contributed by atoms with Crippen molar-refractivity contribution < 1.29 is 8.42 Å². The van der Waals surface area contributed by atoms with Crippen molar-refractivity contribution in [1.29, 1.82) is 10.5 Å². The zero-order valence-electron chi connectivity index (χ0n) is 9.59. The summed E-state index contributed by atoms with van der Waals surface area (Å²) < 4.78 is 25.3. The lowest BCUT2D eigenvalue weighted by atomic mass is 10.2. The third kappa shape index (κ3) is 2.99. The fourth-order valence-electron chi connectivity index (χ4n) is 1.27. The fraction of sp³-hybridized carbons (Fsp3) is 0.273. The average Bonchev–Trinajstić information content (AvgIpc) is 2.36. The first-order chi connectivity index (χ1) is 8.43. The summed E-state index contributed by atoms with van der Waals surface area (Å²) in [7, 11) is -2.41. The second-order valence-corrected chi connectivity index (χ2v) is 5.91. The van der Waals surface area contributed by atoms with Crippen molar-refractivity contribution in [1.82, 2.24) is 4.31 Å². The highest BCUT2D eigenvalue weighted by Gasteiger charge is 2.23. The zero-order chi connectivity index (χ0) is 13.8. The molecule has 7 heteroatoms. The van der Waals surface area contributed by atoms with Gasteiger partial charge in [-0.25, -0.2) is 8.42 Å². The van der Waals surface area contributed by atoms with Crippen LogP contribution in [0, 0.1) is 22.7 Å². The summed E-state index contributed by atoms with van der Waals surface area (Å²) in [6.45, 7) is 0.0753. The van der Waals surface area contributed by atoms with E-state index >= 15 is 0 Å². The Morgan fingerprint density at radius 3 is 2.61 bits per heavy atom. The predicted molar refractivity (Wildman–Crippen MR) is 66.2 cm³/mol. The first-order valence-corrected chi connectivity index (χ1v) is 6.78. The molecular formula is C11H10ClN3O2S. The lowest BCUT2D eigenvalue weighted by Crippen LogP contribution is -2.28. The van der Waals surface area contributed by atoms with Crippen molar-refractivity contribution in [3.63, 3.8) is 0 Å². The van der Waals surface area contributed by atoms with E-state index in [0.29, 0.717) is 0 Å². The summed E-state index contributed by atoms with van der Waals surface area (Å²) in [5.74, 6) is 0. The van der Waals surface area contributed by atoms with E-state index < -0.39 is 10.0 Å². The number of hydrogen-bond donors (Lipinski definition) is 0. The third-order valence-corrected chi connectivity index (χ3v) is 4.63. The normalized spacial score (nSPS) is 10.9. The van der Waals surface area contributed by atoms with Gasteiger partial charge < -0.3 is 0 Å². The molecular weight excluding hydrogens is 274 g/mol. The Labute approximate surface area is 111 Å². The molecule has 0 aliphatic carbocycles. The smallest absolute Gasteiger partial charge is 0.207 e. The van der Waals surface area contributed by atoms with Crippen LogP contribution in [0.25, 0.3) is 0 Å². The number of benzene rings is 1. The van der Waals surface area contributed by atoms with E-state index in [1.54, 1.807) is 0 Å². The second kappa shape index (κ2) is 5.83. The Morgan fingerprint density at radius 1 is 1.39 bits per heavy atom. The van der Waals surface area contributed by atoms with Crippen LogP contribution >= 0.6 is 11.6 Å². The van der Waals surface area contributed by atoms with Gasteiger partial charge in [0.2, 0.25) is 10.0 Å². The Hall–Kier alpha value is -1.60. The van der Waals surface area contributed by atoms with Gasteiger partial charge in [-0.15, -0.1) is 0 Å². The van der Waals surface area contributed by atoms with Gasteiger partial charge in [-0.1, -0.05) is 11.6 Å². The molecule has 1 rings (SSSR count). The number of rotatable bonds is 4. The first-order valence-electron chi connectivity index (χ1n) is 4.96. The van der Waals surface area contributed by atoms with E-state index in [2.05, 4.69) is 0 Å². The Bertz CT molecular complexity index is 629. The molecule has 0 aliphatic heterocycles. The maximum Gasteiger partial charge on any atom is 0.244 e. The quantitative estimate of drug-likeness (QED) is 0.842. The SMILES string of the molecule is CN(CCC#N)S(=O)(=O)c1cc(C#N)ccc1Cl. The van der Waals surface area contributed by atoms with E-state index in [0.717, 1.165) is 4.31 Å². The molecule has 0 spiro atoms. The number of hydrogen-bond acceptors (Lipinski definition) is 4. The van der Waals surface area contributed by atoms with Gasteiger partial charge >= 0.3 is 0 Å². The molecule has 0 amide bonds.